The van der Waals surface area contributed by atoms with Crippen molar-refractivity contribution in [2.24, 2.45) is 0 Å². The second-order valence-corrected chi connectivity index (χ2v) is 7.92. The summed E-state index contributed by atoms with van der Waals surface area (Å²) in [5.74, 6) is 2.17. The average Bonchev–Trinajstić information content (AvgIpc) is 3.11. The van der Waals surface area contributed by atoms with Crippen molar-refractivity contribution < 1.29 is 19.0 Å². The number of anilines is 1. The molecule has 0 fully saturated rings. The van der Waals surface area contributed by atoms with Crippen molar-refractivity contribution in [2.75, 3.05) is 38.5 Å². The Kier molecular flexibility index (Phi) is 7.53. The minimum atomic E-state index is -0.0703. The Morgan fingerprint density at radius 3 is 2.79 bits per heavy atom. The number of aromatic nitrogens is 1. The van der Waals surface area contributed by atoms with Crippen LogP contribution in [0.1, 0.15) is 5.01 Å². The summed E-state index contributed by atoms with van der Waals surface area (Å²) in [7, 11) is 3.19. The fourth-order valence-corrected chi connectivity index (χ4v) is 4.36. The van der Waals surface area contributed by atoms with Crippen molar-refractivity contribution in [3.05, 3.63) is 47.5 Å². The number of amides is 1. The van der Waals surface area contributed by atoms with Crippen LogP contribution in [0, 0.1) is 0 Å². The Bertz CT molecular complexity index is 896. The number of rotatable bonds is 10. The van der Waals surface area contributed by atoms with E-state index >= 15 is 0 Å². The fraction of sp³-hybridized carbons (Fsp3) is 0.300. The van der Waals surface area contributed by atoms with Gasteiger partial charge >= 0.3 is 0 Å². The van der Waals surface area contributed by atoms with Gasteiger partial charge in [0.05, 0.1) is 29.7 Å². The van der Waals surface area contributed by atoms with Gasteiger partial charge in [0.1, 0.15) is 11.6 Å². The summed E-state index contributed by atoms with van der Waals surface area (Å²) in [6, 6.07) is 13.4. The summed E-state index contributed by atoms with van der Waals surface area (Å²) in [6.07, 6.45) is 0. The number of hydrogen-bond donors (Lipinski definition) is 1. The molecule has 0 bridgehead atoms. The molecule has 3 aromatic rings. The summed E-state index contributed by atoms with van der Waals surface area (Å²) < 4.78 is 17.1. The van der Waals surface area contributed by atoms with Crippen LogP contribution in [0.4, 0.5) is 5.69 Å². The number of thiazole rings is 1. The minimum Gasteiger partial charge on any atom is -0.493 e. The second-order valence-electron chi connectivity index (χ2n) is 5.82. The number of carbonyl (C=O) groups excluding carboxylic acids is 1. The smallest absolute Gasteiger partial charge is 0.234 e. The summed E-state index contributed by atoms with van der Waals surface area (Å²) in [5.41, 5.74) is 1.67. The van der Waals surface area contributed by atoms with E-state index in [-0.39, 0.29) is 5.91 Å². The Balaban J connectivity index is 1.51. The monoisotopic (exact) mass is 418 g/mol. The zero-order chi connectivity index (χ0) is 19.8. The normalized spacial score (nSPS) is 10.8. The lowest BCUT2D eigenvalue weighted by atomic mass is 10.2. The Morgan fingerprint density at radius 1 is 1.14 bits per heavy atom. The number of ether oxygens (including phenoxy) is 3. The van der Waals surface area contributed by atoms with Crippen LogP contribution >= 0.6 is 23.1 Å². The van der Waals surface area contributed by atoms with Gasteiger partial charge in [-0.25, -0.2) is 4.98 Å². The van der Waals surface area contributed by atoms with Crippen LogP contribution < -0.4 is 14.8 Å². The molecule has 8 heteroatoms. The molecule has 1 aromatic heterocycles. The highest BCUT2D eigenvalue weighted by atomic mass is 32.2. The number of benzene rings is 2. The first-order valence-electron chi connectivity index (χ1n) is 8.71. The first-order valence-corrected chi connectivity index (χ1v) is 10.7. The van der Waals surface area contributed by atoms with E-state index in [1.165, 1.54) is 4.70 Å². The van der Waals surface area contributed by atoms with E-state index in [2.05, 4.69) is 16.4 Å². The quantitative estimate of drug-likeness (QED) is 0.498. The lowest BCUT2D eigenvalue weighted by Crippen LogP contribution is -2.14. The van der Waals surface area contributed by atoms with E-state index in [9.17, 15) is 4.79 Å². The molecule has 1 amide bonds. The summed E-state index contributed by atoms with van der Waals surface area (Å²) >= 11 is 3.21. The fourth-order valence-electron chi connectivity index (χ4n) is 2.51. The van der Waals surface area contributed by atoms with Gasteiger partial charge in [-0.05, 0) is 24.3 Å². The van der Waals surface area contributed by atoms with E-state index in [1.54, 1.807) is 55.5 Å². The Labute approximate surface area is 172 Å². The third-order valence-corrected chi connectivity index (χ3v) is 5.95. The average molecular weight is 419 g/mol. The molecule has 0 saturated heterocycles. The van der Waals surface area contributed by atoms with E-state index in [1.807, 2.05) is 18.2 Å². The highest BCUT2D eigenvalue weighted by molar-refractivity contribution is 7.99. The third kappa shape index (κ3) is 5.60. The van der Waals surface area contributed by atoms with Crippen LogP contribution in [-0.4, -0.2) is 44.1 Å². The van der Waals surface area contributed by atoms with Gasteiger partial charge in [-0.3, -0.25) is 4.79 Å². The summed E-state index contributed by atoms with van der Waals surface area (Å²) in [6.45, 7) is 0.879. The van der Waals surface area contributed by atoms with Crippen LogP contribution in [-0.2, 0) is 15.3 Å². The number of nitrogens with one attached hydrogen (secondary N) is 1. The van der Waals surface area contributed by atoms with E-state index < -0.39 is 0 Å². The molecular formula is C20H22N2O4S2. The third-order valence-electron chi connectivity index (χ3n) is 3.79. The molecule has 0 saturated carbocycles. The molecule has 28 heavy (non-hydrogen) atoms. The zero-order valence-corrected chi connectivity index (χ0v) is 17.4. The van der Waals surface area contributed by atoms with E-state index in [4.69, 9.17) is 14.2 Å². The standard InChI is InChI=1S/C20H22N2O4S2/c1-24-9-10-26-17-11-14(7-8-16(17)25-2)21-19(23)12-27-13-20-22-15-5-3-4-6-18(15)28-20/h3-8,11H,9-10,12-13H2,1-2H3,(H,21,23). The molecule has 0 aliphatic heterocycles. The maximum absolute atomic E-state index is 12.3. The summed E-state index contributed by atoms with van der Waals surface area (Å²) in [4.78, 5) is 16.8. The van der Waals surface area contributed by atoms with Gasteiger partial charge in [-0.1, -0.05) is 12.1 Å². The molecule has 148 valence electrons. The van der Waals surface area contributed by atoms with Crippen molar-refractivity contribution in [2.45, 2.75) is 5.75 Å². The molecule has 0 aliphatic carbocycles. The highest BCUT2D eigenvalue weighted by Gasteiger charge is 2.10. The molecular weight excluding hydrogens is 396 g/mol. The van der Waals surface area contributed by atoms with Crippen LogP contribution in [0.15, 0.2) is 42.5 Å². The Morgan fingerprint density at radius 2 is 2.00 bits per heavy atom. The topological polar surface area (TPSA) is 69.7 Å². The van der Waals surface area contributed by atoms with Crippen molar-refractivity contribution in [1.82, 2.24) is 4.98 Å². The van der Waals surface area contributed by atoms with Gasteiger partial charge in [-0.2, -0.15) is 0 Å². The molecule has 0 unspecified atom stereocenters. The van der Waals surface area contributed by atoms with Crippen LogP contribution in [0.2, 0.25) is 0 Å². The number of para-hydroxylation sites is 1. The first-order chi connectivity index (χ1) is 13.7. The predicted octanol–water partition coefficient (Wildman–Crippen LogP) is 4.20. The SMILES string of the molecule is COCCOc1cc(NC(=O)CSCc2nc3ccccc3s2)ccc1OC. The van der Waals surface area contributed by atoms with Crippen molar-refractivity contribution >= 4 is 44.9 Å². The molecule has 0 aliphatic rings. The predicted molar refractivity (Wildman–Crippen MR) is 115 cm³/mol. The Hall–Kier alpha value is -2.29. The lowest BCUT2D eigenvalue weighted by Gasteiger charge is -2.12. The number of methoxy groups -OCH3 is 2. The number of thioether (sulfide) groups is 1. The largest absolute Gasteiger partial charge is 0.493 e. The molecule has 2 aromatic carbocycles. The highest BCUT2D eigenvalue weighted by Crippen LogP contribution is 2.30. The minimum absolute atomic E-state index is 0.0703. The number of hydrogen-bond acceptors (Lipinski definition) is 7. The number of nitrogens with zero attached hydrogens (tertiary/aromatic N) is 1. The van der Waals surface area contributed by atoms with E-state index in [0.29, 0.717) is 41.9 Å². The van der Waals surface area contributed by atoms with Crippen molar-refractivity contribution in [3.63, 3.8) is 0 Å². The first kappa shape index (κ1) is 20.4. The van der Waals surface area contributed by atoms with Crippen LogP contribution in [0.25, 0.3) is 10.2 Å². The van der Waals surface area contributed by atoms with Crippen molar-refractivity contribution in [3.8, 4) is 11.5 Å². The zero-order valence-electron chi connectivity index (χ0n) is 15.8. The van der Waals surface area contributed by atoms with Gasteiger partial charge in [0.15, 0.2) is 11.5 Å². The van der Waals surface area contributed by atoms with Crippen molar-refractivity contribution in [1.29, 1.82) is 0 Å². The molecule has 1 heterocycles. The van der Waals surface area contributed by atoms with Gasteiger partial charge < -0.3 is 19.5 Å². The molecule has 3 rings (SSSR count). The molecule has 0 radical (unpaired) electrons. The number of fused-ring (bicyclic) bond motifs is 1. The summed E-state index contributed by atoms with van der Waals surface area (Å²) in [5, 5.41) is 3.92. The van der Waals surface area contributed by atoms with Gasteiger partial charge in [0, 0.05) is 24.6 Å². The molecule has 0 atom stereocenters. The van der Waals surface area contributed by atoms with Crippen LogP contribution in [0.5, 0.6) is 11.5 Å². The van der Waals surface area contributed by atoms with Gasteiger partial charge in [0.25, 0.3) is 0 Å². The second kappa shape index (κ2) is 10.3. The maximum atomic E-state index is 12.3. The van der Waals surface area contributed by atoms with Gasteiger partial charge in [0.2, 0.25) is 5.91 Å². The molecule has 0 spiro atoms. The molecule has 1 N–H and O–H groups in total. The molecule has 6 nitrogen and oxygen atoms in total. The maximum Gasteiger partial charge on any atom is 0.234 e. The lowest BCUT2D eigenvalue weighted by molar-refractivity contribution is -0.113. The van der Waals surface area contributed by atoms with Gasteiger partial charge in [-0.15, -0.1) is 23.1 Å². The van der Waals surface area contributed by atoms with E-state index in [0.717, 1.165) is 10.5 Å². The number of carbonyl (C=O) groups is 1. The van der Waals surface area contributed by atoms with Crippen LogP contribution in [0.3, 0.4) is 0 Å².